The Kier molecular flexibility index (Phi) is 4.39. The molecule has 1 aromatic rings. The molecule has 1 aliphatic heterocycles. The first-order valence-corrected chi connectivity index (χ1v) is 9.58. The highest BCUT2D eigenvalue weighted by Gasteiger charge is 2.45. The summed E-state index contributed by atoms with van der Waals surface area (Å²) in [6, 6.07) is 0. The third-order valence-electron chi connectivity index (χ3n) is 4.28. The van der Waals surface area contributed by atoms with Gasteiger partial charge in [-0.15, -0.1) is 0 Å². The van der Waals surface area contributed by atoms with E-state index in [1.807, 2.05) is 13.8 Å². The molecule has 5 nitrogen and oxygen atoms in total. The van der Waals surface area contributed by atoms with Crippen molar-refractivity contribution in [2.45, 2.75) is 51.2 Å². The number of nitrogens with zero attached hydrogens (tertiary/aromatic N) is 3. The van der Waals surface area contributed by atoms with E-state index in [0.29, 0.717) is 31.8 Å². The highest BCUT2D eigenvalue weighted by atomic mass is 32.2. The second kappa shape index (κ2) is 5.60. The minimum absolute atomic E-state index is 0.214. The van der Waals surface area contributed by atoms with Crippen molar-refractivity contribution >= 4 is 26.5 Å². The molecule has 0 aromatic carbocycles. The summed E-state index contributed by atoms with van der Waals surface area (Å²) in [6.45, 7) is 9.12. The van der Waals surface area contributed by atoms with Gasteiger partial charge in [-0.3, -0.25) is 0 Å². The highest BCUT2D eigenvalue weighted by Crippen LogP contribution is 2.34. The monoisotopic (exact) mass is 317 g/mol. The van der Waals surface area contributed by atoms with Gasteiger partial charge in [0.25, 0.3) is 0 Å². The fourth-order valence-electron chi connectivity index (χ4n) is 2.64. The van der Waals surface area contributed by atoms with Crippen molar-refractivity contribution in [3.63, 3.8) is 0 Å². The number of hydrogen-bond acceptors (Lipinski definition) is 6. The SMILES string of the molecule is CCC1(CC)CN(c2nc(C(C)C)ns2)CCS1(=O)=O. The topological polar surface area (TPSA) is 63.2 Å². The molecule has 0 atom stereocenters. The standard InChI is InChI=1S/C13H23N3O2S2/c1-5-13(6-2)9-16(7-8-20(13,17)18)12-14-11(10(3)4)15-19-12/h10H,5-9H2,1-4H3. The Morgan fingerprint density at radius 3 is 2.50 bits per heavy atom. The zero-order valence-corrected chi connectivity index (χ0v) is 14.2. The van der Waals surface area contributed by atoms with Crippen LogP contribution >= 0.6 is 11.5 Å². The van der Waals surface area contributed by atoms with Crippen LogP contribution in [-0.2, 0) is 9.84 Å². The fourth-order valence-corrected chi connectivity index (χ4v) is 5.60. The van der Waals surface area contributed by atoms with E-state index in [2.05, 4.69) is 28.1 Å². The first-order valence-electron chi connectivity index (χ1n) is 7.16. The molecule has 0 unspecified atom stereocenters. The molecule has 0 N–H and O–H groups in total. The predicted molar refractivity (Wildman–Crippen MR) is 83.3 cm³/mol. The van der Waals surface area contributed by atoms with Crippen LogP contribution in [0.25, 0.3) is 0 Å². The molecule has 20 heavy (non-hydrogen) atoms. The van der Waals surface area contributed by atoms with Crippen LogP contribution in [0.3, 0.4) is 0 Å². The van der Waals surface area contributed by atoms with Crippen molar-refractivity contribution in [3.8, 4) is 0 Å². The first-order chi connectivity index (χ1) is 9.35. The van der Waals surface area contributed by atoms with Gasteiger partial charge in [-0.25, -0.2) is 13.4 Å². The number of hydrogen-bond donors (Lipinski definition) is 0. The van der Waals surface area contributed by atoms with Gasteiger partial charge in [0, 0.05) is 30.5 Å². The molecule has 0 aliphatic carbocycles. The molecule has 1 saturated heterocycles. The highest BCUT2D eigenvalue weighted by molar-refractivity contribution is 7.92. The molecule has 1 aliphatic rings. The lowest BCUT2D eigenvalue weighted by atomic mass is 10.0. The van der Waals surface area contributed by atoms with Crippen molar-refractivity contribution in [3.05, 3.63) is 5.82 Å². The average molecular weight is 317 g/mol. The summed E-state index contributed by atoms with van der Waals surface area (Å²) in [4.78, 5) is 6.65. The van der Waals surface area contributed by atoms with Crippen molar-refractivity contribution in [2.75, 3.05) is 23.7 Å². The van der Waals surface area contributed by atoms with Crippen molar-refractivity contribution in [2.24, 2.45) is 0 Å². The average Bonchev–Trinajstić information content (AvgIpc) is 2.89. The molecule has 7 heteroatoms. The minimum atomic E-state index is -3.02. The van der Waals surface area contributed by atoms with E-state index in [-0.39, 0.29) is 5.75 Å². The van der Waals surface area contributed by atoms with E-state index in [9.17, 15) is 8.42 Å². The van der Waals surface area contributed by atoms with Gasteiger partial charge in [0.1, 0.15) is 5.82 Å². The van der Waals surface area contributed by atoms with Gasteiger partial charge in [0.2, 0.25) is 5.13 Å². The largest absolute Gasteiger partial charge is 0.344 e. The predicted octanol–water partition coefficient (Wildman–Crippen LogP) is 2.46. The molecule has 1 aromatic heterocycles. The molecule has 0 saturated carbocycles. The summed E-state index contributed by atoms with van der Waals surface area (Å²) >= 11 is 1.38. The Balaban J connectivity index is 2.27. The normalized spacial score (nSPS) is 21.4. The van der Waals surface area contributed by atoms with Gasteiger partial charge in [0.15, 0.2) is 9.84 Å². The third kappa shape index (κ3) is 2.57. The Morgan fingerprint density at radius 2 is 2.00 bits per heavy atom. The maximum Gasteiger partial charge on any atom is 0.205 e. The number of rotatable bonds is 4. The van der Waals surface area contributed by atoms with E-state index in [1.54, 1.807) is 0 Å². The van der Waals surface area contributed by atoms with E-state index >= 15 is 0 Å². The Bertz CT molecular complexity index is 562. The van der Waals surface area contributed by atoms with Gasteiger partial charge in [-0.2, -0.15) is 4.37 Å². The van der Waals surface area contributed by atoms with Gasteiger partial charge in [0.05, 0.1) is 10.5 Å². The Hall–Kier alpha value is -0.690. The lowest BCUT2D eigenvalue weighted by molar-refractivity contribution is 0.458. The Labute approximate surface area is 125 Å². The summed E-state index contributed by atoms with van der Waals surface area (Å²) in [5.74, 6) is 1.36. The van der Waals surface area contributed by atoms with Crippen LogP contribution in [0.1, 0.15) is 52.3 Å². The second-order valence-corrected chi connectivity index (χ2v) is 8.95. The van der Waals surface area contributed by atoms with Crippen LogP contribution in [0.2, 0.25) is 0 Å². The van der Waals surface area contributed by atoms with E-state index in [1.165, 1.54) is 11.5 Å². The third-order valence-corrected chi connectivity index (χ3v) is 7.81. The number of aromatic nitrogens is 2. The molecule has 0 radical (unpaired) electrons. The molecule has 2 rings (SSSR count). The van der Waals surface area contributed by atoms with Gasteiger partial charge in [-0.05, 0) is 12.8 Å². The van der Waals surface area contributed by atoms with Crippen LogP contribution in [0, 0.1) is 0 Å². The van der Waals surface area contributed by atoms with Crippen LogP contribution in [-0.4, -0.2) is 41.4 Å². The maximum atomic E-state index is 12.4. The summed E-state index contributed by atoms with van der Waals surface area (Å²) < 4.78 is 28.5. The summed E-state index contributed by atoms with van der Waals surface area (Å²) in [5, 5.41) is 0.856. The quantitative estimate of drug-likeness (QED) is 0.853. The molecule has 0 amide bonds. The summed E-state index contributed by atoms with van der Waals surface area (Å²) in [7, 11) is -3.02. The first kappa shape index (κ1) is 15.7. The molecular weight excluding hydrogens is 294 g/mol. The van der Waals surface area contributed by atoms with Crippen molar-refractivity contribution < 1.29 is 8.42 Å². The zero-order valence-electron chi connectivity index (χ0n) is 12.6. The van der Waals surface area contributed by atoms with E-state index in [4.69, 9.17) is 0 Å². The van der Waals surface area contributed by atoms with Gasteiger partial charge in [-0.1, -0.05) is 27.7 Å². The van der Waals surface area contributed by atoms with Gasteiger partial charge < -0.3 is 4.90 Å². The van der Waals surface area contributed by atoms with E-state index in [0.717, 1.165) is 11.0 Å². The van der Waals surface area contributed by atoms with Crippen molar-refractivity contribution in [1.29, 1.82) is 0 Å². The molecule has 0 spiro atoms. The van der Waals surface area contributed by atoms with Crippen LogP contribution in [0.5, 0.6) is 0 Å². The number of anilines is 1. The lowest BCUT2D eigenvalue weighted by Gasteiger charge is -2.41. The molecule has 114 valence electrons. The van der Waals surface area contributed by atoms with Gasteiger partial charge >= 0.3 is 0 Å². The summed E-state index contributed by atoms with van der Waals surface area (Å²) in [5.41, 5.74) is 0. The lowest BCUT2D eigenvalue weighted by Crippen LogP contribution is -2.55. The zero-order chi connectivity index (χ0) is 15.0. The molecule has 1 fully saturated rings. The van der Waals surface area contributed by atoms with Crippen molar-refractivity contribution in [1.82, 2.24) is 9.36 Å². The molecule has 0 bridgehead atoms. The number of sulfone groups is 1. The smallest absolute Gasteiger partial charge is 0.205 e. The summed E-state index contributed by atoms with van der Waals surface area (Å²) in [6.07, 6.45) is 1.30. The molecular formula is C13H23N3O2S2. The molecule has 2 heterocycles. The Morgan fingerprint density at radius 1 is 1.35 bits per heavy atom. The van der Waals surface area contributed by atoms with Crippen LogP contribution in [0.15, 0.2) is 0 Å². The van der Waals surface area contributed by atoms with Crippen LogP contribution in [0.4, 0.5) is 5.13 Å². The van der Waals surface area contributed by atoms with Crippen LogP contribution < -0.4 is 4.90 Å². The van der Waals surface area contributed by atoms with E-state index < -0.39 is 14.6 Å². The minimum Gasteiger partial charge on any atom is -0.344 e. The fraction of sp³-hybridized carbons (Fsp3) is 0.846. The second-order valence-electron chi connectivity index (χ2n) is 5.72. The maximum absolute atomic E-state index is 12.4.